The molecule has 1 aliphatic rings. The van der Waals surface area contributed by atoms with E-state index in [1.807, 2.05) is 22.9 Å². The summed E-state index contributed by atoms with van der Waals surface area (Å²) >= 11 is 0. The molecule has 3 aromatic rings. The van der Waals surface area contributed by atoms with Crippen LogP contribution in [0.1, 0.15) is 37.3 Å². The maximum absolute atomic E-state index is 12.3. The quantitative estimate of drug-likeness (QED) is 0.491. The highest BCUT2D eigenvalue weighted by Gasteiger charge is 2.19. The number of carbonyl (C=O) groups excluding carboxylic acids is 1. The third-order valence-electron chi connectivity index (χ3n) is 5.33. The lowest BCUT2D eigenvalue weighted by Gasteiger charge is -2.18. The number of fused-ring (bicyclic) bond motifs is 3. The Bertz CT molecular complexity index is 1060. The molecule has 0 bridgehead atoms. The van der Waals surface area contributed by atoms with Crippen LogP contribution < -0.4 is 15.7 Å². The van der Waals surface area contributed by atoms with Crippen LogP contribution >= 0.6 is 0 Å². The number of nitrogens with one attached hydrogen (secondary N) is 1. The Morgan fingerprint density at radius 1 is 1.31 bits per heavy atom. The van der Waals surface area contributed by atoms with Crippen LogP contribution in [0.3, 0.4) is 0 Å². The molecule has 0 spiro atoms. The molecule has 2 aromatic heterocycles. The topological polar surface area (TPSA) is 86.4 Å². The molecule has 0 saturated heterocycles. The fraction of sp³-hybridized carbons (Fsp3) is 0.409. The Morgan fingerprint density at radius 2 is 2.14 bits per heavy atom. The predicted molar refractivity (Wildman–Crippen MR) is 109 cm³/mol. The van der Waals surface area contributed by atoms with E-state index in [0.717, 1.165) is 55.2 Å². The van der Waals surface area contributed by atoms with Crippen molar-refractivity contribution >= 4 is 16.9 Å². The van der Waals surface area contributed by atoms with E-state index in [0.29, 0.717) is 17.9 Å². The number of aromatic nitrogens is 2. The summed E-state index contributed by atoms with van der Waals surface area (Å²) in [5.41, 5.74) is 2.16. The molecule has 29 heavy (non-hydrogen) atoms. The standard InChI is InChI=1S/C22H25N3O4/c1-15(21(26)24-9-4-11-25-12-10-23-14-25)28-16-7-8-18-17-5-2-3-6-19(17)22(27)29-20(18)13-16/h7-8,10,12-15H,2-6,9,11H2,1H3,(H,24,26)/t15-/m1/s1. The summed E-state index contributed by atoms with van der Waals surface area (Å²) in [5, 5.41) is 3.84. The monoisotopic (exact) mass is 395 g/mol. The smallest absolute Gasteiger partial charge is 0.339 e. The van der Waals surface area contributed by atoms with Gasteiger partial charge in [-0.3, -0.25) is 4.79 Å². The van der Waals surface area contributed by atoms with Crippen molar-refractivity contribution < 1.29 is 13.9 Å². The molecule has 0 radical (unpaired) electrons. The van der Waals surface area contributed by atoms with Crippen LogP contribution in [0.25, 0.3) is 11.0 Å². The SMILES string of the molecule is C[C@@H](Oc1ccc2c3c(c(=O)oc2c1)CCCC3)C(=O)NCCCn1ccnc1. The van der Waals surface area contributed by atoms with Gasteiger partial charge in [0.15, 0.2) is 6.10 Å². The maximum Gasteiger partial charge on any atom is 0.339 e. The Balaban J connectivity index is 1.38. The fourth-order valence-electron chi connectivity index (χ4n) is 3.79. The van der Waals surface area contributed by atoms with Gasteiger partial charge < -0.3 is 19.0 Å². The molecule has 7 heteroatoms. The molecule has 1 aromatic carbocycles. The third-order valence-corrected chi connectivity index (χ3v) is 5.33. The number of carbonyl (C=O) groups is 1. The van der Waals surface area contributed by atoms with Gasteiger partial charge in [0.2, 0.25) is 0 Å². The van der Waals surface area contributed by atoms with E-state index < -0.39 is 6.10 Å². The molecule has 152 valence electrons. The molecular weight excluding hydrogens is 370 g/mol. The van der Waals surface area contributed by atoms with E-state index in [1.54, 1.807) is 25.5 Å². The van der Waals surface area contributed by atoms with E-state index >= 15 is 0 Å². The second-order valence-electron chi connectivity index (χ2n) is 7.42. The first-order valence-electron chi connectivity index (χ1n) is 10.1. The highest BCUT2D eigenvalue weighted by Crippen LogP contribution is 2.29. The Kier molecular flexibility index (Phi) is 5.64. The van der Waals surface area contributed by atoms with E-state index in [9.17, 15) is 9.59 Å². The first-order valence-corrected chi connectivity index (χ1v) is 10.1. The second kappa shape index (κ2) is 8.51. The maximum atomic E-state index is 12.3. The zero-order valence-corrected chi connectivity index (χ0v) is 16.5. The zero-order chi connectivity index (χ0) is 20.2. The van der Waals surface area contributed by atoms with Gasteiger partial charge in [-0.25, -0.2) is 9.78 Å². The van der Waals surface area contributed by atoms with Crippen LogP contribution in [0, 0.1) is 0 Å². The number of ether oxygens (including phenoxy) is 1. The molecule has 1 atom stereocenters. The number of imidazole rings is 1. The van der Waals surface area contributed by atoms with Crippen LogP contribution in [-0.4, -0.2) is 28.1 Å². The van der Waals surface area contributed by atoms with Crippen molar-refractivity contribution in [3.05, 3.63) is 58.5 Å². The average Bonchev–Trinajstić information content (AvgIpc) is 3.24. The normalized spacial score (nSPS) is 14.4. The number of hydrogen-bond donors (Lipinski definition) is 1. The number of aryl methyl sites for hydroxylation is 2. The van der Waals surface area contributed by atoms with Crippen molar-refractivity contribution in [2.75, 3.05) is 6.54 Å². The summed E-state index contributed by atoms with van der Waals surface area (Å²) in [4.78, 5) is 28.6. The van der Waals surface area contributed by atoms with Crippen molar-refractivity contribution in [1.29, 1.82) is 0 Å². The summed E-state index contributed by atoms with van der Waals surface area (Å²) in [6.07, 6.45) is 9.33. The van der Waals surface area contributed by atoms with E-state index in [2.05, 4.69) is 10.3 Å². The molecule has 7 nitrogen and oxygen atoms in total. The molecule has 0 unspecified atom stereocenters. The van der Waals surface area contributed by atoms with Crippen LogP contribution in [0.15, 0.2) is 46.1 Å². The molecule has 0 saturated carbocycles. The van der Waals surface area contributed by atoms with Crippen molar-refractivity contribution in [3.8, 4) is 5.75 Å². The first kappa shape index (κ1) is 19.2. The number of benzene rings is 1. The number of nitrogens with zero attached hydrogens (tertiary/aromatic N) is 2. The summed E-state index contributed by atoms with van der Waals surface area (Å²) in [7, 11) is 0. The highest BCUT2D eigenvalue weighted by molar-refractivity contribution is 5.83. The van der Waals surface area contributed by atoms with Crippen molar-refractivity contribution in [3.63, 3.8) is 0 Å². The third kappa shape index (κ3) is 4.34. The van der Waals surface area contributed by atoms with E-state index in [4.69, 9.17) is 9.15 Å². The molecule has 1 N–H and O–H groups in total. The molecule has 4 rings (SSSR count). The Morgan fingerprint density at radius 3 is 2.93 bits per heavy atom. The molecular formula is C22H25N3O4. The van der Waals surface area contributed by atoms with Gasteiger partial charge in [0.1, 0.15) is 11.3 Å². The largest absolute Gasteiger partial charge is 0.481 e. The van der Waals surface area contributed by atoms with Gasteiger partial charge in [-0.15, -0.1) is 0 Å². The number of hydrogen-bond acceptors (Lipinski definition) is 5. The van der Waals surface area contributed by atoms with Crippen LogP contribution in [-0.2, 0) is 24.2 Å². The van der Waals surface area contributed by atoms with Crippen LogP contribution in [0.5, 0.6) is 5.75 Å². The molecule has 2 heterocycles. The van der Waals surface area contributed by atoms with Gasteiger partial charge in [0.05, 0.1) is 6.33 Å². The van der Waals surface area contributed by atoms with Gasteiger partial charge in [0.25, 0.3) is 5.91 Å². The second-order valence-corrected chi connectivity index (χ2v) is 7.42. The van der Waals surface area contributed by atoms with E-state index in [1.165, 1.54) is 0 Å². The average molecular weight is 395 g/mol. The predicted octanol–water partition coefficient (Wildman–Crippen LogP) is 2.84. The fourth-order valence-corrected chi connectivity index (χ4v) is 3.79. The summed E-state index contributed by atoms with van der Waals surface area (Å²) in [6.45, 7) is 3.06. The number of amides is 1. The van der Waals surface area contributed by atoms with Crippen LogP contribution in [0.4, 0.5) is 0 Å². The van der Waals surface area contributed by atoms with Gasteiger partial charge in [-0.1, -0.05) is 0 Å². The summed E-state index contributed by atoms with van der Waals surface area (Å²) in [6, 6.07) is 5.46. The van der Waals surface area contributed by atoms with Gasteiger partial charge in [-0.05, 0) is 56.7 Å². The van der Waals surface area contributed by atoms with Crippen molar-refractivity contribution in [2.24, 2.45) is 0 Å². The molecule has 1 aliphatic carbocycles. The minimum atomic E-state index is -0.648. The summed E-state index contributed by atoms with van der Waals surface area (Å²) < 4.78 is 13.3. The Hall–Kier alpha value is -3.09. The number of rotatable bonds is 7. The zero-order valence-electron chi connectivity index (χ0n) is 16.5. The van der Waals surface area contributed by atoms with E-state index in [-0.39, 0.29) is 11.5 Å². The Labute approximate surface area is 168 Å². The molecule has 1 amide bonds. The lowest BCUT2D eigenvalue weighted by molar-refractivity contribution is -0.127. The molecule has 0 aliphatic heterocycles. The lowest BCUT2D eigenvalue weighted by Crippen LogP contribution is -2.37. The van der Waals surface area contributed by atoms with Gasteiger partial charge in [0, 0.05) is 42.5 Å². The molecule has 0 fully saturated rings. The van der Waals surface area contributed by atoms with Crippen LogP contribution in [0.2, 0.25) is 0 Å². The van der Waals surface area contributed by atoms with Crippen molar-refractivity contribution in [1.82, 2.24) is 14.9 Å². The van der Waals surface area contributed by atoms with Gasteiger partial charge in [-0.2, -0.15) is 0 Å². The minimum Gasteiger partial charge on any atom is -0.481 e. The highest BCUT2D eigenvalue weighted by atomic mass is 16.5. The summed E-state index contributed by atoms with van der Waals surface area (Å²) in [5.74, 6) is 0.333. The lowest BCUT2D eigenvalue weighted by atomic mass is 9.91. The van der Waals surface area contributed by atoms with Gasteiger partial charge >= 0.3 is 5.63 Å². The first-order chi connectivity index (χ1) is 14.1. The van der Waals surface area contributed by atoms with Crippen molar-refractivity contribution in [2.45, 2.75) is 51.7 Å². The minimum absolute atomic E-state index is 0.178.